The third kappa shape index (κ3) is 3.92. The summed E-state index contributed by atoms with van der Waals surface area (Å²) in [7, 11) is -3.45. The molecule has 1 heterocycles. The molecule has 0 radical (unpaired) electrons. The van der Waals surface area contributed by atoms with Crippen molar-refractivity contribution in [2.75, 3.05) is 13.1 Å². The molecule has 1 saturated carbocycles. The summed E-state index contributed by atoms with van der Waals surface area (Å²) in [6, 6.07) is 16.3. The van der Waals surface area contributed by atoms with Crippen LogP contribution in [0.4, 0.5) is 0 Å². The van der Waals surface area contributed by atoms with Gasteiger partial charge >= 0.3 is 0 Å². The Bertz CT molecular complexity index is 900. The van der Waals surface area contributed by atoms with Gasteiger partial charge < -0.3 is 5.32 Å². The Morgan fingerprint density at radius 1 is 0.963 bits per heavy atom. The number of nitrogens with one attached hydrogen (secondary N) is 1. The van der Waals surface area contributed by atoms with Crippen molar-refractivity contribution < 1.29 is 13.2 Å². The van der Waals surface area contributed by atoms with Gasteiger partial charge in [-0.3, -0.25) is 4.79 Å². The Balaban J connectivity index is 1.49. The van der Waals surface area contributed by atoms with E-state index in [0.29, 0.717) is 24.6 Å². The van der Waals surface area contributed by atoms with E-state index in [-0.39, 0.29) is 16.8 Å². The number of amides is 1. The van der Waals surface area contributed by atoms with Gasteiger partial charge in [-0.05, 0) is 61.4 Å². The SMILES string of the molecule is O=C(NC(c1ccccc1)C1CC1)c1ccc(S(=O)(=O)N2CCCC2)cc1. The summed E-state index contributed by atoms with van der Waals surface area (Å²) in [6.07, 6.45) is 4.04. The van der Waals surface area contributed by atoms with Crippen molar-refractivity contribution >= 4 is 15.9 Å². The monoisotopic (exact) mass is 384 g/mol. The van der Waals surface area contributed by atoms with E-state index in [1.54, 1.807) is 12.1 Å². The number of hydrogen-bond acceptors (Lipinski definition) is 3. The van der Waals surface area contributed by atoms with Crippen LogP contribution in [0.2, 0.25) is 0 Å². The van der Waals surface area contributed by atoms with Crippen LogP contribution < -0.4 is 5.32 Å². The average molecular weight is 385 g/mol. The molecule has 2 aromatic carbocycles. The number of sulfonamides is 1. The summed E-state index contributed by atoms with van der Waals surface area (Å²) in [5.41, 5.74) is 1.60. The molecule has 27 heavy (non-hydrogen) atoms. The van der Waals surface area contributed by atoms with Crippen molar-refractivity contribution in [2.24, 2.45) is 5.92 Å². The molecule has 1 atom stereocenters. The van der Waals surface area contributed by atoms with Crippen LogP contribution in [-0.4, -0.2) is 31.7 Å². The van der Waals surface area contributed by atoms with Crippen LogP contribution in [0.3, 0.4) is 0 Å². The van der Waals surface area contributed by atoms with Crippen LogP contribution in [0.1, 0.15) is 47.6 Å². The van der Waals surface area contributed by atoms with Gasteiger partial charge in [-0.2, -0.15) is 4.31 Å². The zero-order chi connectivity index (χ0) is 18.9. The first-order valence-electron chi connectivity index (χ1n) is 9.52. The van der Waals surface area contributed by atoms with Gasteiger partial charge in [0.2, 0.25) is 10.0 Å². The van der Waals surface area contributed by atoms with E-state index in [4.69, 9.17) is 0 Å². The largest absolute Gasteiger partial charge is 0.345 e. The molecule has 1 N–H and O–H groups in total. The lowest BCUT2D eigenvalue weighted by Gasteiger charge is -2.19. The van der Waals surface area contributed by atoms with Crippen LogP contribution >= 0.6 is 0 Å². The average Bonchev–Trinajstić information content (AvgIpc) is 3.38. The molecule has 1 unspecified atom stereocenters. The molecule has 4 rings (SSSR count). The molecule has 0 bridgehead atoms. The van der Waals surface area contributed by atoms with E-state index in [0.717, 1.165) is 31.2 Å². The highest BCUT2D eigenvalue weighted by atomic mass is 32.2. The van der Waals surface area contributed by atoms with Gasteiger partial charge in [0.05, 0.1) is 10.9 Å². The first-order valence-corrected chi connectivity index (χ1v) is 11.0. The molecule has 2 aromatic rings. The third-order valence-corrected chi connectivity index (χ3v) is 7.27. The third-order valence-electron chi connectivity index (χ3n) is 5.36. The van der Waals surface area contributed by atoms with Crippen LogP contribution in [0.5, 0.6) is 0 Å². The molecule has 1 aliphatic carbocycles. The molecule has 2 aliphatic rings. The molecule has 142 valence electrons. The maximum absolute atomic E-state index is 12.7. The first-order chi connectivity index (χ1) is 13.1. The Morgan fingerprint density at radius 2 is 1.59 bits per heavy atom. The van der Waals surface area contributed by atoms with E-state index in [9.17, 15) is 13.2 Å². The highest BCUT2D eigenvalue weighted by Crippen LogP contribution is 2.41. The van der Waals surface area contributed by atoms with E-state index in [1.165, 1.54) is 16.4 Å². The zero-order valence-corrected chi connectivity index (χ0v) is 16.0. The Hall–Kier alpha value is -2.18. The molecule has 5 nitrogen and oxygen atoms in total. The van der Waals surface area contributed by atoms with Gasteiger partial charge in [0, 0.05) is 18.7 Å². The minimum Gasteiger partial charge on any atom is -0.345 e. The van der Waals surface area contributed by atoms with E-state index < -0.39 is 10.0 Å². The molecule has 0 spiro atoms. The highest BCUT2D eigenvalue weighted by Gasteiger charge is 2.33. The predicted octanol–water partition coefficient (Wildman–Crippen LogP) is 3.35. The molecule has 1 saturated heterocycles. The van der Waals surface area contributed by atoms with Gasteiger partial charge in [-0.25, -0.2) is 8.42 Å². The fourth-order valence-corrected chi connectivity index (χ4v) is 5.16. The second kappa shape index (κ2) is 7.44. The quantitative estimate of drug-likeness (QED) is 0.831. The van der Waals surface area contributed by atoms with Gasteiger partial charge in [-0.15, -0.1) is 0 Å². The Kier molecular flexibility index (Phi) is 5.02. The van der Waals surface area contributed by atoms with Gasteiger partial charge in [0.1, 0.15) is 0 Å². The zero-order valence-electron chi connectivity index (χ0n) is 15.2. The smallest absolute Gasteiger partial charge is 0.251 e. The summed E-state index contributed by atoms with van der Waals surface area (Å²) < 4.78 is 26.7. The Morgan fingerprint density at radius 3 is 2.19 bits per heavy atom. The number of rotatable bonds is 6. The lowest BCUT2D eigenvalue weighted by atomic mass is 10.0. The fraction of sp³-hybridized carbons (Fsp3) is 0.381. The summed E-state index contributed by atoms with van der Waals surface area (Å²) in [5.74, 6) is 0.312. The number of nitrogens with zero attached hydrogens (tertiary/aromatic N) is 1. The van der Waals surface area contributed by atoms with Crippen molar-refractivity contribution in [3.8, 4) is 0 Å². The van der Waals surface area contributed by atoms with Crippen molar-refractivity contribution in [1.29, 1.82) is 0 Å². The predicted molar refractivity (Wildman–Crippen MR) is 104 cm³/mol. The van der Waals surface area contributed by atoms with Gasteiger partial charge in [0.15, 0.2) is 0 Å². The topological polar surface area (TPSA) is 66.5 Å². The normalized spacial score (nSPS) is 19.0. The number of carbonyl (C=O) groups excluding carboxylic acids is 1. The maximum atomic E-state index is 12.7. The van der Waals surface area contributed by atoms with Crippen LogP contribution in [0, 0.1) is 5.92 Å². The minimum absolute atomic E-state index is 0.00621. The van der Waals surface area contributed by atoms with Gasteiger partial charge in [0.25, 0.3) is 5.91 Å². The van der Waals surface area contributed by atoms with Crippen molar-refractivity contribution in [1.82, 2.24) is 9.62 Å². The summed E-state index contributed by atoms with van der Waals surface area (Å²) >= 11 is 0. The number of hydrogen-bond donors (Lipinski definition) is 1. The van der Waals surface area contributed by atoms with E-state index in [1.807, 2.05) is 30.3 Å². The first kappa shape index (κ1) is 18.2. The molecule has 6 heteroatoms. The highest BCUT2D eigenvalue weighted by molar-refractivity contribution is 7.89. The minimum atomic E-state index is -3.45. The van der Waals surface area contributed by atoms with Crippen molar-refractivity contribution in [3.63, 3.8) is 0 Å². The Labute approximate surface area is 160 Å². The van der Waals surface area contributed by atoms with E-state index >= 15 is 0 Å². The maximum Gasteiger partial charge on any atom is 0.251 e. The molecule has 0 aromatic heterocycles. The summed E-state index contributed by atoms with van der Waals surface area (Å²) in [4.78, 5) is 13.0. The number of carbonyl (C=O) groups is 1. The van der Waals surface area contributed by atoms with Gasteiger partial charge in [-0.1, -0.05) is 30.3 Å². The molecule has 1 aliphatic heterocycles. The summed E-state index contributed by atoms with van der Waals surface area (Å²) in [6.45, 7) is 1.15. The van der Waals surface area contributed by atoms with Crippen molar-refractivity contribution in [3.05, 3.63) is 65.7 Å². The lowest BCUT2D eigenvalue weighted by molar-refractivity contribution is 0.0931. The molecular formula is C21H24N2O3S. The second-order valence-corrected chi connectivity index (χ2v) is 9.27. The lowest BCUT2D eigenvalue weighted by Crippen LogP contribution is -2.30. The van der Waals surface area contributed by atoms with Crippen LogP contribution in [0.25, 0.3) is 0 Å². The van der Waals surface area contributed by atoms with Crippen molar-refractivity contribution in [2.45, 2.75) is 36.6 Å². The van der Waals surface area contributed by atoms with E-state index in [2.05, 4.69) is 5.32 Å². The summed E-state index contributed by atoms with van der Waals surface area (Å²) in [5, 5.41) is 3.13. The standard InChI is InChI=1S/C21H24N2O3S/c24-21(22-20(17-8-9-17)16-6-2-1-3-7-16)18-10-12-19(13-11-18)27(25,26)23-14-4-5-15-23/h1-3,6-7,10-13,17,20H,4-5,8-9,14-15H2,(H,22,24). The number of benzene rings is 2. The molecule has 2 fully saturated rings. The molecule has 1 amide bonds. The fourth-order valence-electron chi connectivity index (χ4n) is 3.64. The van der Waals surface area contributed by atoms with Crippen LogP contribution in [-0.2, 0) is 10.0 Å². The second-order valence-electron chi connectivity index (χ2n) is 7.33. The molecular weight excluding hydrogens is 360 g/mol. The van der Waals surface area contributed by atoms with Crippen LogP contribution in [0.15, 0.2) is 59.5 Å².